The van der Waals surface area contributed by atoms with Crippen LogP contribution in [0.2, 0.25) is 0 Å². The lowest BCUT2D eigenvalue weighted by Gasteiger charge is -2.56. The molecule has 2 heterocycles. The average molecular weight is 447 g/mol. The monoisotopic (exact) mass is 447 g/mol. The van der Waals surface area contributed by atoms with Gasteiger partial charge in [0, 0.05) is 22.9 Å². The van der Waals surface area contributed by atoms with Crippen LogP contribution in [0, 0.1) is 5.92 Å². The van der Waals surface area contributed by atoms with Crippen molar-refractivity contribution in [2.45, 2.75) is 36.5 Å². The van der Waals surface area contributed by atoms with Crippen molar-refractivity contribution in [2.75, 3.05) is 20.7 Å². The average Bonchev–Trinajstić information content (AvgIpc) is 3.19. The molecule has 5 atom stereocenters. The van der Waals surface area contributed by atoms with Gasteiger partial charge in [-0.25, -0.2) is 9.59 Å². The van der Waals surface area contributed by atoms with Crippen molar-refractivity contribution in [2.24, 2.45) is 5.92 Å². The van der Waals surface area contributed by atoms with Gasteiger partial charge in [0.15, 0.2) is 11.5 Å². The van der Waals surface area contributed by atoms with Crippen molar-refractivity contribution in [1.29, 1.82) is 0 Å². The van der Waals surface area contributed by atoms with Crippen molar-refractivity contribution in [1.82, 2.24) is 4.90 Å². The number of aliphatic hydroxyl groups is 1. The number of benzene rings is 2. The van der Waals surface area contributed by atoms with Crippen LogP contribution in [0.5, 0.6) is 11.5 Å². The van der Waals surface area contributed by atoms with Crippen LogP contribution in [0.4, 0.5) is 0 Å². The van der Waals surface area contributed by atoms with E-state index in [1.807, 2.05) is 12.1 Å². The Kier molecular flexibility index (Phi) is 4.44. The Morgan fingerprint density at radius 1 is 1.09 bits per heavy atom. The van der Waals surface area contributed by atoms with Gasteiger partial charge < -0.3 is 24.2 Å². The van der Waals surface area contributed by atoms with E-state index in [2.05, 4.69) is 18.0 Å². The topological polar surface area (TPSA) is 85.3 Å². The summed E-state index contributed by atoms with van der Waals surface area (Å²) in [6.45, 7) is 0.928. The molecular weight excluding hydrogens is 422 g/mol. The van der Waals surface area contributed by atoms with Crippen LogP contribution in [0.15, 0.2) is 48.6 Å². The van der Waals surface area contributed by atoms with E-state index in [0.717, 1.165) is 24.9 Å². The second-order valence-electron chi connectivity index (χ2n) is 9.37. The summed E-state index contributed by atoms with van der Waals surface area (Å²) in [5.74, 6) is 0.183. The summed E-state index contributed by atoms with van der Waals surface area (Å²) in [5, 5.41) is 10.8. The predicted octanol–water partition coefficient (Wildman–Crippen LogP) is 2.50. The molecule has 33 heavy (non-hydrogen) atoms. The third kappa shape index (κ3) is 2.75. The number of esters is 2. The summed E-state index contributed by atoms with van der Waals surface area (Å²) in [6.07, 6.45) is 4.68. The summed E-state index contributed by atoms with van der Waals surface area (Å²) in [5.41, 5.74) is 2.66. The first-order chi connectivity index (χ1) is 15.9. The lowest BCUT2D eigenvalue weighted by molar-refractivity contribution is -0.0453. The highest BCUT2D eigenvalue weighted by atomic mass is 16.6. The number of carbonyl (C=O) groups excluding carboxylic acids is 2. The molecule has 2 aromatic rings. The van der Waals surface area contributed by atoms with Crippen molar-refractivity contribution < 1.29 is 28.9 Å². The van der Waals surface area contributed by atoms with E-state index in [1.54, 1.807) is 6.07 Å². The maximum absolute atomic E-state index is 12.9. The second-order valence-corrected chi connectivity index (χ2v) is 9.37. The molecule has 7 heteroatoms. The summed E-state index contributed by atoms with van der Waals surface area (Å²) in [4.78, 5) is 27.0. The Labute approximate surface area is 191 Å². The third-order valence-corrected chi connectivity index (χ3v) is 7.88. The van der Waals surface area contributed by atoms with E-state index in [-0.39, 0.29) is 11.3 Å². The summed E-state index contributed by atoms with van der Waals surface area (Å²) >= 11 is 0. The molecule has 1 spiro atoms. The van der Waals surface area contributed by atoms with E-state index in [0.29, 0.717) is 28.7 Å². The van der Waals surface area contributed by atoms with Gasteiger partial charge in [-0.3, -0.25) is 0 Å². The van der Waals surface area contributed by atoms with Gasteiger partial charge >= 0.3 is 11.9 Å². The maximum atomic E-state index is 12.9. The van der Waals surface area contributed by atoms with Crippen LogP contribution in [0.1, 0.15) is 38.3 Å². The van der Waals surface area contributed by atoms with E-state index in [4.69, 9.17) is 14.2 Å². The molecular formula is C26H25NO6. The summed E-state index contributed by atoms with van der Waals surface area (Å²) in [7, 11) is 3.47. The highest BCUT2D eigenvalue weighted by Crippen LogP contribution is 2.62. The number of aliphatic hydroxyl groups excluding tert-OH is 1. The Morgan fingerprint density at radius 3 is 2.55 bits per heavy atom. The van der Waals surface area contributed by atoms with Crippen LogP contribution in [0.25, 0.3) is 0 Å². The fourth-order valence-corrected chi connectivity index (χ4v) is 6.33. The van der Waals surface area contributed by atoms with Crippen LogP contribution >= 0.6 is 0 Å². The molecule has 170 valence electrons. The molecule has 2 aliphatic heterocycles. The largest absolute Gasteiger partial charge is 0.482 e. The lowest BCUT2D eigenvalue weighted by atomic mass is 9.53. The normalized spacial score (nSPS) is 30.9. The minimum absolute atomic E-state index is 0.246. The van der Waals surface area contributed by atoms with E-state index in [1.165, 1.54) is 36.9 Å². The number of hydrogen-bond acceptors (Lipinski definition) is 7. The van der Waals surface area contributed by atoms with E-state index < -0.39 is 24.1 Å². The fourth-order valence-electron chi connectivity index (χ4n) is 6.33. The molecule has 6 rings (SSSR count). The van der Waals surface area contributed by atoms with Gasteiger partial charge in [0.25, 0.3) is 0 Å². The number of likely N-dealkylation sites (N-methyl/N-ethyl adjacent to an activating group) is 1. The smallest absolute Gasteiger partial charge is 0.343 e. The van der Waals surface area contributed by atoms with E-state index >= 15 is 0 Å². The van der Waals surface area contributed by atoms with Crippen LogP contribution in [-0.2, 0) is 16.6 Å². The number of hydrogen-bond donors (Lipinski definition) is 1. The molecule has 0 radical (unpaired) electrons. The zero-order chi connectivity index (χ0) is 22.9. The predicted molar refractivity (Wildman–Crippen MR) is 119 cm³/mol. The highest BCUT2D eigenvalue weighted by molar-refractivity contribution is 5.94. The van der Waals surface area contributed by atoms with Crippen molar-refractivity contribution >= 4 is 11.9 Å². The summed E-state index contributed by atoms with van der Waals surface area (Å²) < 4.78 is 16.9. The quantitative estimate of drug-likeness (QED) is 0.440. The molecule has 4 aliphatic rings. The minimum atomic E-state index is -0.710. The van der Waals surface area contributed by atoms with Gasteiger partial charge in [-0.15, -0.1) is 0 Å². The van der Waals surface area contributed by atoms with Gasteiger partial charge in [0.1, 0.15) is 12.2 Å². The van der Waals surface area contributed by atoms with Crippen LogP contribution in [-0.4, -0.2) is 60.9 Å². The van der Waals surface area contributed by atoms with E-state index in [9.17, 15) is 14.7 Å². The molecule has 2 aliphatic carbocycles. The number of nitrogens with zero attached hydrogens (tertiary/aromatic N) is 1. The highest BCUT2D eigenvalue weighted by Gasteiger charge is 2.64. The zero-order valence-corrected chi connectivity index (χ0v) is 18.5. The number of rotatable bonds is 3. The summed E-state index contributed by atoms with van der Waals surface area (Å²) in [6, 6.07) is 10.3. The lowest BCUT2D eigenvalue weighted by Crippen LogP contribution is -2.64. The van der Waals surface area contributed by atoms with Crippen molar-refractivity contribution in [3.63, 3.8) is 0 Å². The second kappa shape index (κ2) is 7.17. The number of ether oxygens (including phenoxy) is 3. The third-order valence-electron chi connectivity index (χ3n) is 7.88. The Bertz CT molecular complexity index is 1190. The van der Waals surface area contributed by atoms with Crippen molar-refractivity contribution in [3.8, 4) is 11.5 Å². The first-order valence-corrected chi connectivity index (χ1v) is 11.2. The Balaban J connectivity index is 1.37. The minimum Gasteiger partial charge on any atom is -0.482 e. The molecule has 0 saturated carbocycles. The first kappa shape index (κ1) is 20.4. The molecule has 0 unspecified atom stereocenters. The molecule has 1 fully saturated rings. The number of methoxy groups -OCH3 is 1. The SMILES string of the molecule is COC(=O)c1ccc(C(=O)Oc2ccc3c4c2O[C@H]2[C@@H](O)C=C[C@H]5[C@@H](C3)N(C)CC[C@@]452)cc1. The molecule has 1 saturated heterocycles. The molecule has 0 aromatic heterocycles. The number of likely N-dealkylation sites (tertiary alicyclic amines) is 1. The van der Waals surface area contributed by atoms with Gasteiger partial charge in [-0.1, -0.05) is 18.2 Å². The first-order valence-electron chi connectivity index (χ1n) is 11.2. The number of piperidine rings is 1. The van der Waals surface area contributed by atoms with Crippen LogP contribution < -0.4 is 9.47 Å². The van der Waals surface area contributed by atoms with Crippen molar-refractivity contribution in [3.05, 3.63) is 70.8 Å². The van der Waals surface area contributed by atoms with Crippen LogP contribution in [0.3, 0.4) is 0 Å². The Hall–Kier alpha value is -3.16. The van der Waals surface area contributed by atoms with Gasteiger partial charge in [0.05, 0.1) is 18.2 Å². The Morgan fingerprint density at radius 2 is 1.82 bits per heavy atom. The maximum Gasteiger partial charge on any atom is 0.343 e. The molecule has 7 nitrogen and oxygen atoms in total. The van der Waals surface area contributed by atoms with Gasteiger partial charge in [-0.2, -0.15) is 0 Å². The fraction of sp³-hybridized carbons (Fsp3) is 0.385. The number of carbonyl (C=O) groups is 2. The molecule has 2 aromatic carbocycles. The zero-order valence-electron chi connectivity index (χ0n) is 18.5. The molecule has 2 bridgehead atoms. The van der Waals surface area contributed by atoms with Gasteiger partial charge in [-0.05, 0) is 62.3 Å². The molecule has 0 amide bonds. The molecule has 1 N–H and O–H groups in total. The standard InChI is InChI=1S/C26H25NO6/c1-27-12-11-26-17-8-9-19(28)23(26)33-22-20(10-7-16(21(22)26)13-18(17)27)32-25(30)15-5-3-14(4-6-15)24(29)31-2/h3-10,17-19,23,28H,11-13H2,1-2H3/t17-,18+,19-,23-,26-/m0/s1. The van der Waals surface area contributed by atoms with Gasteiger partial charge in [0.2, 0.25) is 0 Å².